The van der Waals surface area contributed by atoms with Crippen LogP contribution in [-0.4, -0.2) is 30.4 Å². The summed E-state index contributed by atoms with van der Waals surface area (Å²) in [5.41, 5.74) is 1.93. The predicted octanol–water partition coefficient (Wildman–Crippen LogP) is 3.31. The third-order valence-electron chi connectivity index (χ3n) is 7.20. The van der Waals surface area contributed by atoms with Crippen LogP contribution in [0, 0.1) is 17.8 Å². The molecule has 144 valence electrons. The minimum atomic E-state index is 0.0238. The normalized spacial score (nSPS) is 34.3. The number of hydrogen-bond donors (Lipinski definition) is 2. The molecule has 1 aromatic rings. The summed E-state index contributed by atoms with van der Waals surface area (Å²) >= 11 is 0. The van der Waals surface area contributed by atoms with E-state index in [1.54, 1.807) is 0 Å². The fourth-order valence-electron chi connectivity index (χ4n) is 6.45. The van der Waals surface area contributed by atoms with Gasteiger partial charge >= 0.3 is 0 Å². The second kappa shape index (κ2) is 6.62. The monoisotopic (exact) mass is 367 g/mol. The van der Waals surface area contributed by atoms with Crippen LogP contribution in [-0.2, 0) is 9.59 Å². The van der Waals surface area contributed by atoms with Gasteiger partial charge in [0.15, 0.2) is 0 Å². The van der Waals surface area contributed by atoms with E-state index in [2.05, 4.69) is 10.6 Å². The summed E-state index contributed by atoms with van der Waals surface area (Å²) in [5.74, 6) is 2.86. The van der Waals surface area contributed by atoms with Crippen molar-refractivity contribution in [1.29, 1.82) is 0 Å². The molecule has 1 aromatic carbocycles. The summed E-state index contributed by atoms with van der Waals surface area (Å²) < 4.78 is 0. The molecule has 27 heavy (non-hydrogen) atoms. The van der Waals surface area contributed by atoms with Crippen molar-refractivity contribution in [3.63, 3.8) is 0 Å². The van der Waals surface area contributed by atoms with Crippen molar-refractivity contribution < 1.29 is 9.59 Å². The Morgan fingerprint density at radius 3 is 2.22 bits per heavy atom. The van der Waals surface area contributed by atoms with Gasteiger partial charge in [0.25, 0.3) is 0 Å². The number of anilines is 2. The topological polar surface area (TPSA) is 61.4 Å². The molecule has 4 saturated carbocycles. The Hall–Kier alpha value is -1.88. The standard InChI is InChI=1S/C22H29N3O2/c26-20(14-23-22-11-15-8-16(12-22)10-17(9-15)13-22)24-18-3-5-19(6-4-18)25-7-1-2-21(25)27/h3-6,15-17,23H,1-2,7-14H2,(H,24,26). The summed E-state index contributed by atoms with van der Waals surface area (Å²) in [5, 5.41) is 6.64. The first-order chi connectivity index (χ1) is 13.1. The van der Waals surface area contributed by atoms with Gasteiger partial charge in [0.2, 0.25) is 11.8 Å². The maximum absolute atomic E-state index is 12.5. The van der Waals surface area contributed by atoms with Gasteiger partial charge < -0.3 is 15.5 Å². The van der Waals surface area contributed by atoms with E-state index in [4.69, 9.17) is 0 Å². The Kier molecular flexibility index (Phi) is 4.23. The minimum absolute atomic E-state index is 0.0238. The number of amides is 2. The van der Waals surface area contributed by atoms with Crippen molar-refractivity contribution in [2.45, 2.75) is 56.9 Å². The molecule has 0 atom stereocenters. The third kappa shape index (κ3) is 3.38. The maximum atomic E-state index is 12.5. The van der Waals surface area contributed by atoms with Crippen LogP contribution in [0.25, 0.3) is 0 Å². The molecule has 5 aliphatic rings. The van der Waals surface area contributed by atoms with Gasteiger partial charge in [-0.15, -0.1) is 0 Å². The summed E-state index contributed by atoms with van der Waals surface area (Å²) in [7, 11) is 0. The van der Waals surface area contributed by atoms with Crippen LogP contribution in [0.1, 0.15) is 51.4 Å². The van der Waals surface area contributed by atoms with Crippen LogP contribution >= 0.6 is 0 Å². The van der Waals surface area contributed by atoms with Gasteiger partial charge in [0.05, 0.1) is 6.54 Å². The molecule has 5 nitrogen and oxygen atoms in total. The van der Waals surface area contributed by atoms with Gasteiger partial charge in [-0.2, -0.15) is 0 Å². The molecule has 0 spiro atoms. The van der Waals surface area contributed by atoms with Crippen molar-refractivity contribution in [2.24, 2.45) is 17.8 Å². The number of rotatable bonds is 5. The van der Waals surface area contributed by atoms with Crippen molar-refractivity contribution in [3.05, 3.63) is 24.3 Å². The van der Waals surface area contributed by atoms with Crippen molar-refractivity contribution >= 4 is 23.2 Å². The lowest BCUT2D eigenvalue weighted by molar-refractivity contribution is -0.117. The van der Waals surface area contributed by atoms with Crippen LogP contribution in [0.5, 0.6) is 0 Å². The lowest BCUT2D eigenvalue weighted by Crippen LogP contribution is -2.59. The molecule has 2 N–H and O–H groups in total. The van der Waals surface area contributed by atoms with Crippen molar-refractivity contribution in [2.75, 3.05) is 23.3 Å². The zero-order valence-electron chi connectivity index (χ0n) is 15.9. The summed E-state index contributed by atoms with van der Waals surface area (Å²) in [4.78, 5) is 26.1. The Labute approximate surface area is 160 Å². The van der Waals surface area contributed by atoms with Gasteiger partial charge in [0, 0.05) is 29.9 Å². The highest BCUT2D eigenvalue weighted by molar-refractivity contribution is 5.96. The number of carbonyl (C=O) groups is 2. The van der Waals surface area contributed by atoms with E-state index in [1.807, 2.05) is 29.2 Å². The molecule has 2 amide bonds. The molecule has 1 saturated heterocycles. The van der Waals surface area contributed by atoms with Crippen LogP contribution in [0.4, 0.5) is 11.4 Å². The first kappa shape index (κ1) is 17.2. The van der Waals surface area contributed by atoms with E-state index >= 15 is 0 Å². The highest BCUT2D eigenvalue weighted by Gasteiger charge is 2.50. The lowest BCUT2D eigenvalue weighted by atomic mass is 9.53. The summed E-state index contributed by atoms with van der Waals surface area (Å²) in [6.07, 6.45) is 9.57. The highest BCUT2D eigenvalue weighted by Crippen LogP contribution is 2.55. The minimum Gasteiger partial charge on any atom is -0.325 e. The second-order valence-electron chi connectivity index (χ2n) is 9.30. The Balaban J connectivity index is 1.16. The van der Waals surface area contributed by atoms with E-state index in [9.17, 15) is 9.59 Å². The Morgan fingerprint density at radius 2 is 1.67 bits per heavy atom. The van der Waals surface area contributed by atoms with Gasteiger partial charge in [-0.05, 0) is 87.0 Å². The number of hydrogen-bond acceptors (Lipinski definition) is 3. The van der Waals surface area contributed by atoms with Crippen molar-refractivity contribution in [3.8, 4) is 0 Å². The fourth-order valence-corrected chi connectivity index (χ4v) is 6.45. The van der Waals surface area contributed by atoms with E-state index in [-0.39, 0.29) is 17.4 Å². The molecule has 6 rings (SSSR count). The predicted molar refractivity (Wildman–Crippen MR) is 106 cm³/mol. The highest BCUT2D eigenvalue weighted by atomic mass is 16.2. The van der Waals surface area contributed by atoms with E-state index in [1.165, 1.54) is 38.5 Å². The van der Waals surface area contributed by atoms with E-state index < -0.39 is 0 Å². The van der Waals surface area contributed by atoms with Crippen LogP contribution in [0.2, 0.25) is 0 Å². The molecule has 4 aliphatic carbocycles. The van der Waals surface area contributed by atoms with Gasteiger partial charge in [-0.1, -0.05) is 0 Å². The number of benzene rings is 1. The number of nitrogens with one attached hydrogen (secondary N) is 2. The molecule has 0 radical (unpaired) electrons. The van der Waals surface area contributed by atoms with Crippen molar-refractivity contribution in [1.82, 2.24) is 5.32 Å². The van der Waals surface area contributed by atoms with Crippen LogP contribution in [0.3, 0.4) is 0 Å². The lowest BCUT2D eigenvalue weighted by Gasteiger charge is -2.57. The Morgan fingerprint density at radius 1 is 1.04 bits per heavy atom. The average Bonchev–Trinajstić information content (AvgIpc) is 3.06. The molecule has 0 aromatic heterocycles. The third-order valence-corrected chi connectivity index (χ3v) is 7.20. The van der Waals surface area contributed by atoms with Gasteiger partial charge in [0.1, 0.15) is 0 Å². The van der Waals surface area contributed by atoms with Crippen LogP contribution in [0.15, 0.2) is 24.3 Å². The maximum Gasteiger partial charge on any atom is 0.238 e. The molecule has 1 heterocycles. The fraction of sp³-hybridized carbons (Fsp3) is 0.636. The summed E-state index contributed by atoms with van der Waals surface area (Å²) in [6.45, 7) is 1.18. The van der Waals surface area contributed by atoms with Gasteiger partial charge in [-0.3, -0.25) is 9.59 Å². The summed E-state index contributed by atoms with van der Waals surface area (Å²) in [6, 6.07) is 7.63. The average molecular weight is 367 g/mol. The molecular formula is C22H29N3O2. The second-order valence-corrected chi connectivity index (χ2v) is 9.30. The van der Waals surface area contributed by atoms with Crippen LogP contribution < -0.4 is 15.5 Å². The van der Waals surface area contributed by atoms with Gasteiger partial charge in [-0.25, -0.2) is 0 Å². The molecular weight excluding hydrogens is 338 g/mol. The first-order valence-electron chi connectivity index (χ1n) is 10.5. The zero-order chi connectivity index (χ0) is 18.4. The molecule has 5 heteroatoms. The zero-order valence-corrected chi connectivity index (χ0v) is 15.9. The first-order valence-corrected chi connectivity index (χ1v) is 10.5. The molecule has 4 bridgehead atoms. The molecule has 1 aliphatic heterocycles. The molecule has 0 unspecified atom stereocenters. The van der Waals surface area contributed by atoms with E-state index in [0.29, 0.717) is 13.0 Å². The largest absolute Gasteiger partial charge is 0.325 e. The smallest absolute Gasteiger partial charge is 0.238 e. The Bertz CT molecular complexity index is 707. The SMILES string of the molecule is O=C(CNC12CC3CC(CC(C3)C1)C2)Nc1ccc(N2CCCC2=O)cc1. The van der Waals surface area contributed by atoms with E-state index in [0.717, 1.165) is 42.1 Å². The molecule has 5 fully saturated rings. The number of carbonyl (C=O) groups excluding carboxylic acids is 2. The number of nitrogens with zero attached hydrogens (tertiary/aromatic N) is 1. The quantitative estimate of drug-likeness (QED) is 0.839.